The Balaban J connectivity index is 2.04. The van der Waals surface area contributed by atoms with Crippen LogP contribution in [0, 0.1) is 10.5 Å². The molecular formula is C18H19BrINO2. The lowest BCUT2D eigenvalue weighted by Crippen LogP contribution is -2.20. The van der Waals surface area contributed by atoms with Gasteiger partial charge < -0.3 is 10.1 Å². The molecule has 0 spiro atoms. The summed E-state index contributed by atoms with van der Waals surface area (Å²) < 4.78 is 7.94. The van der Waals surface area contributed by atoms with E-state index in [1.54, 1.807) is 0 Å². The first-order chi connectivity index (χ1) is 10.9. The summed E-state index contributed by atoms with van der Waals surface area (Å²) in [4.78, 5) is 12.1. The third-order valence-electron chi connectivity index (χ3n) is 3.40. The van der Waals surface area contributed by atoms with E-state index in [0.29, 0.717) is 5.92 Å². The molecule has 2 aromatic rings. The van der Waals surface area contributed by atoms with Crippen molar-refractivity contribution in [3.8, 4) is 5.75 Å². The Morgan fingerprint density at radius 1 is 1.26 bits per heavy atom. The van der Waals surface area contributed by atoms with Crippen LogP contribution in [-0.2, 0) is 4.79 Å². The van der Waals surface area contributed by atoms with Gasteiger partial charge in [-0.1, -0.05) is 29.8 Å². The largest absolute Gasteiger partial charge is 0.483 e. The molecular weight excluding hydrogens is 469 g/mol. The normalized spacial score (nSPS) is 10.7. The van der Waals surface area contributed by atoms with Crippen LogP contribution >= 0.6 is 38.5 Å². The van der Waals surface area contributed by atoms with Crippen LogP contribution in [0.3, 0.4) is 0 Å². The summed E-state index contributed by atoms with van der Waals surface area (Å²) >= 11 is 5.77. The van der Waals surface area contributed by atoms with Crippen LogP contribution in [0.2, 0.25) is 0 Å². The number of carbonyl (C=O) groups is 1. The molecule has 0 saturated carbocycles. The Morgan fingerprint density at radius 2 is 1.91 bits per heavy atom. The molecule has 0 bridgehead atoms. The third-order valence-corrected chi connectivity index (χ3v) is 4.97. The Hall–Kier alpha value is -1.08. The smallest absolute Gasteiger partial charge is 0.262 e. The Morgan fingerprint density at radius 3 is 2.52 bits per heavy atom. The molecule has 2 rings (SSSR count). The second-order valence-corrected chi connectivity index (χ2v) is 7.74. The van der Waals surface area contributed by atoms with Crippen molar-refractivity contribution in [1.82, 2.24) is 0 Å². The second-order valence-electron chi connectivity index (χ2n) is 5.64. The van der Waals surface area contributed by atoms with Crippen molar-refractivity contribution in [2.75, 3.05) is 11.9 Å². The quantitative estimate of drug-likeness (QED) is 0.565. The fraction of sp³-hybridized carbons (Fsp3) is 0.278. The van der Waals surface area contributed by atoms with Crippen LogP contribution in [0.25, 0.3) is 0 Å². The number of hydrogen-bond donors (Lipinski definition) is 1. The first kappa shape index (κ1) is 18.3. The number of hydrogen-bond acceptors (Lipinski definition) is 2. The lowest BCUT2D eigenvalue weighted by molar-refractivity contribution is -0.118. The molecule has 23 heavy (non-hydrogen) atoms. The van der Waals surface area contributed by atoms with Crippen LogP contribution in [0.4, 0.5) is 5.69 Å². The number of ether oxygens (including phenoxy) is 1. The minimum Gasteiger partial charge on any atom is -0.483 e. The average Bonchev–Trinajstić information content (AvgIpc) is 2.50. The van der Waals surface area contributed by atoms with Crippen molar-refractivity contribution in [3.05, 3.63) is 55.6 Å². The molecule has 0 aliphatic rings. The van der Waals surface area contributed by atoms with E-state index in [1.165, 1.54) is 0 Å². The minimum absolute atomic E-state index is 0.00716. The second kappa shape index (κ2) is 8.15. The fourth-order valence-corrected chi connectivity index (χ4v) is 2.84. The Bertz CT molecular complexity index is 699. The van der Waals surface area contributed by atoms with E-state index in [4.69, 9.17) is 4.74 Å². The predicted octanol–water partition coefficient (Wildman–Crippen LogP) is 5.50. The van der Waals surface area contributed by atoms with Gasteiger partial charge in [0.25, 0.3) is 5.91 Å². The van der Waals surface area contributed by atoms with Gasteiger partial charge in [0.2, 0.25) is 0 Å². The van der Waals surface area contributed by atoms with E-state index >= 15 is 0 Å². The number of benzene rings is 2. The molecule has 0 radical (unpaired) electrons. The van der Waals surface area contributed by atoms with E-state index in [1.807, 2.05) is 37.3 Å². The summed E-state index contributed by atoms with van der Waals surface area (Å²) in [5.41, 5.74) is 2.95. The minimum atomic E-state index is -0.165. The van der Waals surface area contributed by atoms with E-state index in [-0.39, 0.29) is 12.5 Å². The van der Waals surface area contributed by atoms with Crippen molar-refractivity contribution in [1.29, 1.82) is 0 Å². The van der Waals surface area contributed by atoms with Gasteiger partial charge in [-0.25, -0.2) is 0 Å². The van der Waals surface area contributed by atoms with Gasteiger partial charge in [0, 0.05) is 13.7 Å². The molecule has 3 nitrogen and oxygen atoms in total. The summed E-state index contributed by atoms with van der Waals surface area (Å²) in [5, 5.41) is 2.84. The SMILES string of the molecule is Cc1cc(OCC(=O)Nc2ccc(I)cc2)c(C(C)C)cc1Br. The van der Waals surface area contributed by atoms with Gasteiger partial charge in [0.05, 0.1) is 0 Å². The molecule has 0 heterocycles. The number of amides is 1. The molecule has 122 valence electrons. The molecule has 0 aliphatic carbocycles. The monoisotopic (exact) mass is 487 g/mol. The highest BCUT2D eigenvalue weighted by molar-refractivity contribution is 14.1. The Labute approximate surface area is 159 Å². The van der Waals surface area contributed by atoms with Gasteiger partial charge in [0.15, 0.2) is 6.61 Å². The highest BCUT2D eigenvalue weighted by Crippen LogP contribution is 2.32. The fourth-order valence-electron chi connectivity index (χ4n) is 2.12. The number of carbonyl (C=O) groups excluding carboxylic acids is 1. The maximum atomic E-state index is 12.1. The molecule has 0 unspecified atom stereocenters. The van der Waals surface area contributed by atoms with Crippen molar-refractivity contribution >= 4 is 50.1 Å². The summed E-state index contributed by atoms with van der Waals surface area (Å²) in [6.07, 6.45) is 0. The number of rotatable bonds is 5. The number of aryl methyl sites for hydroxylation is 1. The van der Waals surface area contributed by atoms with Gasteiger partial charge in [-0.15, -0.1) is 0 Å². The molecule has 0 atom stereocenters. The summed E-state index contributed by atoms with van der Waals surface area (Å²) in [5.74, 6) is 0.918. The summed E-state index contributed by atoms with van der Waals surface area (Å²) in [6, 6.07) is 11.7. The maximum Gasteiger partial charge on any atom is 0.262 e. The van der Waals surface area contributed by atoms with E-state index in [0.717, 1.165) is 30.6 Å². The van der Waals surface area contributed by atoms with Gasteiger partial charge >= 0.3 is 0 Å². The lowest BCUT2D eigenvalue weighted by Gasteiger charge is -2.16. The van der Waals surface area contributed by atoms with Crippen molar-refractivity contribution < 1.29 is 9.53 Å². The van der Waals surface area contributed by atoms with Gasteiger partial charge in [-0.2, -0.15) is 0 Å². The standard InChI is InChI=1S/C18H19BrINO2/c1-11(2)15-9-16(19)12(3)8-17(15)23-10-18(22)21-14-6-4-13(20)5-7-14/h4-9,11H,10H2,1-3H3,(H,21,22). The molecule has 1 amide bonds. The van der Waals surface area contributed by atoms with Crippen LogP contribution in [0.5, 0.6) is 5.75 Å². The van der Waals surface area contributed by atoms with E-state index < -0.39 is 0 Å². The lowest BCUT2D eigenvalue weighted by atomic mass is 10.0. The first-order valence-corrected chi connectivity index (χ1v) is 9.22. The third kappa shape index (κ3) is 5.21. The number of nitrogens with one attached hydrogen (secondary N) is 1. The highest BCUT2D eigenvalue weighted by Gasteiger charge is 2.12. The average molecular weight is 488 g/mol. The molecule has 0 saturated heterocycles. The molecule has 0 aromatic heterocycles. The number of anilines is 1. The highest BCUT2D eigenvalue weighted by atomic mass is 127. The zero-order chi connectivity index (χ0) is 17.0. The van der Waals surface area contributed by atoms with E-state index in [9.17, 15) is 4.79 Å². The molecule has 0 aliphatic heterocycles. The van der Waals surface area contributed by atoms with Crippen LogP contribution in [0.1, 0.15) is 30.9 Å². The van der Waals surface area contributed by atoms with Crippen molar-refractivity contribution in [2.24, 2.45) is 0 Å². The molecule has 1 N–H and O–H groups in total. The van der Waals surface area contributed by atoms with E-state index in [2.05, 4.69) is 63.8 Å². The van der Waals surface area contributed by atoms with Crippen LogP contribution < -0.4 is 10.1 Å². The Kier molecular flexibility index (Phi) is 6.47. The maximum absolute atomic E-state index is 12.1. The van der Waals surface area contributed by atoms with Gasteiger partial charge in [-0.3, -0.25) is 4.79 Å². The summed E-state index contributed by atoms with van der Waals surface area (Å²) in [6.45, 7) is 6.21. The van der Waals surface area contributed by atoms with Crippen molar-refractivity contribution in [3.63, 3.8) is 0 Å². The first-order valence-electron chi connectivity index (χ1n) is 7.35. The van der Waals surface area contributed by atoms with Gasteiger partial charge in [0.1, 0.15) is 5.75 Å². The molecule has 2 aromatic carbocycles. The van der Waals surface area contributed by atoms with Gasteiger partial charge in [-0.05, 0) is 83.0 Å². The number of halogens is 2. The predicted molar refractivity (Wildman–Crippen MR) is 106 cm³/mol. The van der Waals surface area contributed by atoms with Crippen molar-refractivity contribution in [2.45, 2.75) is 26.7 Å². The zero-order valence-electron chi connectivity index (χ0n) is 13.3. The zero-order valence-corrected chi connectivity index (χ0v) is 17.1. The summed E-state index contributed by atoms with van der Waals surface area (Å²) in [7, 11) is 0. The molecule has 5 heteroatoms. The molecule has 0 fully saturated rings. The van der Waals surface area contributed by atoms with Crippen LogP contribution in [0.15, 0.2) is 40.9 Å². The topological polar surface area (TPSA) is 38.3 Å². The van der Waals surface area contributed by atoms with Crippen LogP contribution in [-0.4, -0.2) is 12.5 Å².